The molecule has 0 bridgehead atoms. The molecule has 2 aromatic carbocycles. The lowest BCUT2D eigenvalue weighted by Crippen LogP contribution is -2.37. The molecule has 31 heavy (non-hydrogen) atoms. The maximum atomic E-state index is 12.8. The number of nitro benzene ring substituents is 2. The van der Waals surface area contributed by atoms with Crippen LogP contribution in [-0.4, -0.2) is 38.9 Å². The van der Waals surface area contributed by atoms with Crippen LogP contribution >= 0.6 is 0 Å². The molecule has 0 spiro atoms. The van der Waals surface area contributed by atoms with E-state index in [2.05, 4.69) is 10.4 Å². The Kier molecular flexibility index (Phi) is 6.34. The van der Waals surface area contributed by atoms with Crippen LogP contribution in [0, 0.1) is 20.2 Å². The number of rotatable bonds is 7. The van der Waals surface area contributed by atoms with Gasteiger partial charge in [-0.2, -0.15) is 5.10 Å². The molecular formula is C20H19N5O6. The number of benzene rings is 2. The highest BCUT2D eigenvalue weighted by molar-refractivity contribution is 6.03. The van der Waals surface area contributed by atoms with Crippen LogP contribution in [0.25, 0.3) is 0 Å². The van der Waals surface area contributed by atoms with Gasteiger partial charge in [-0.25, -0.2) is 5.01 Å². The highest BCUT2D eigenvalue weighted by atomic mass is 16.6. The Morgan fingerprint density at radius 1 is 1.10 bits per heavy atom. The number of carbonyl (C=O) groups excluding carboxylic acids is 2. The zero-order chi connectivity index (χ0) is 22.5. The molecule has 3 rings (SSSR count). The summed E-state index contributed by atoms with van der Waals surface area (Å²) < 4.78 is 0. The molecule has 0 aliphatic carbocycles. The first kappa shape index (κ1) is 21.6. The van der Waals surface area contributed by atoms with E-state index in [4.69, 9.17) is 0 Å². The summed E-state index contributed by atoms with van der Waals surface area (Å²) in [5.74, 6) is -0.769. The number of nitrogens with one attached hydrogen (secondary N) is 1. The van der Waals surface area contributed by atoms with E-state index in [1.807, 2.05) is 0 Å². The van der Waals surface area contributed by atoms with Crippen molar-refractivity contribution in [2.24, 2.45) is 5.10 Å². The Balaban J connectivity index is 1.92. The first-order valence-corrected chi connectivity index (χ1v) is 9.45. The minimum Gasteiger partial charge on any atom is -0.347 e. The van der Waals surface area contributed by atoms with E-state index in [9.17, 15) is 29.8 Å². The fourth-order valence-electron chi connectivity index (χ4n) is 3.18. The molecule has 0 aromatic heterocycles. The van der Waals surface area contributed by atoms with Crippen LogP contribution in [0.1, 0.15) is 36.9 Å². The zero-order valence-corrected chi connectivity index (χ0v) is 16.6. The summed E-state index contributed by atoms with van der Waals surface area (Å²) in [6, 6.07) is 11.1. The van der Waals surface area contributed by atoms with Gasteiger partial charge in [0.2, 0.25) is 5.91 Å². The van der Waals surface area contributed by atoms with Crippen molar-refractivity contribution in [3.63, 3.8) is 0 Å². The standard InChI is InChI=1S/C20H19N5O6/c1-2-19(26)21-12-20(27)23-18(14-4-3-5-16(10-14)25(30)31)11-17(22-23)13-6-8-15(9-7-13)24(28)29/h3-10,18H,2,11-12H2,1H3,(H,21,26). The normalized spacial score (nSPS) is 15.3. The molecule has 1 aliphatic rings. The smallest absolute Gasteiger partial charge is 0.269 e. The number of non-ortho nitro benzene ring substituents is 2. The Bertz CT molecular complexity index is 1070. The Hall–Kier alpha value is -4.15. The predicted molar refractivity (Wildman–Crippen MR) is 110 cm³/mol. The van der Waals surface area contributed by atoms with Crippen molar-refractivity contribution in [2.45, 2.75) is 25.8 Å². The zero-order valence-electron chi connectivity index (χ0n) is 16.6. The fourth-order valence-corrected chi connectivity index (χ4v) is 3.18. The van der Waals surface area contributed by atoms with Gasteiger partial charge in [0.1, 0.15) is 0 Å². The van der Waals surface area contributed by atoms with E-state index in [0.29, 0.717) is 16.8 Å². The molecule has 1 aliphatic heterocycles. The van der Waals surface area contributed by atoms with Crippen LogP contribution in [0.15, 0.2) is 53.6 Å². The molecule has 0 radical (unpaired) electrons. The average Bonchev–Trinajstić information content (AvgIpc) is 3.23. The van der Waals surface area contributed by atoms with Gasteiger partial charge in [0.05, 0.1) is 28.1 Å². The molecule has 160 valence electrons. The predicted octanol–water partition coefficient (Wildman–Crippen LogP) is 2.71. The van der Waals surface area contributed by atoms with Gasteiger partial charge in [-0.15, -0.1) is 0 Å². The van der Waals surface area contributed by atoms with Crippen LogP contribution in [-0.2, 0) is 9.59 Å². The molecule has 0 saturated carbocycles. The molecule has 1 atom stereocenters. The minimum atomic E-state index is -0.615. The summed E-state index contributed by atoms with van der Waals surface area (Å²) in [7, 11) is 0. The van der Waals surface area contributed by atoms with Gasteiger partial charge in [-0.05, 0) is 23.3 Å². The first-order valence-electron chi connectivity index (χ1n) is 9.45. The third kappa shape index (κ3) is 4.89. The van der Waals surface area contributed by atoms with Crippen LogP contribution in [0.2, 0.25) is 0 Å². The van der Waals surface area contributed by atoms with Crippen molar-refractivity contribution in [3.8, 4) is 0 Å². The Labute approximate surface area is 176 Å². The van der Waals surface area contributed by atoms with E-state index in [-0.39, 0.29) is 36.7 Å². The first-order chi connectivity index (χ1) is 14.8. The quantitative estimate of drug-likeness (QED) is 0.532. The lowest BCUT2D eigenvalue weighted by Gasteiger charge is -2.22. The third-order valence-corrected chi connectivity index (χ3v) is 4.80. The molecule has 2 amide bonds. The van der Waals surface area contributed by atoms with E-state index in [0.717, 1.165) is 0 Å². The Morgan fingerprint density at radius 3 is 2.39 bits per heavy atom. The van der Waals surface area contributed by atoms with Crippen molar-refractivity contribution in [1.29, 1.82) is 0 Å². The molecule has 11 nitrogen and oxygen atoms in total. The van der Waals surface area contributed by atoms with Gasteiger partial charge < -0.3 is 5.32 Å². The van der Waals surface area contributed by atoms with Crippen molar-refractivity contribution < 1.29 is 19.4 Å². The third-order valence-electron chi connectivity index (χ3n) is 4.80. The number of hydrazone groups is 1. The lowest BCUT2D eigenvalue weighted by atomic mass is 9.98. The van der Waals surface area contributed by atoms with E-state index < -0.39 is 21.8 Å². The van der Waals surface area contributed by atoms with E-state index in [1.54, 1.807) is 13.0 Å². The Morgan fingerprint density at radius 2 is 1.77 bits per heavy atom. The maximum absolute atomic E-state index is 12.8. The maximum Gasteiger partial charge on any atom is 0.269 e. The molecule has 2 aromatic rings. The van der Waals surface area contributed by atoms with Gasteiger partial charge in [-0.3, -0.25) is 29.8 Å². The fraction of sp³-hybridized carbons (Fsp3) is 0.250. The number of amides is 2. The summed E-state index contributed by atoms with van der Waals surface area (Å²) in [5, 5.41) is 30.1. The monoisotopic (exact) mass is 425 g/mol. The summed E-state index contributed by atoms with van der Waals surface area (Å²) in [6.45, 7) is 1.39. The van der Waals surface area contributed by atoms with E-state index in [1.165, 1.54) is 47.5 Å². The molecule has 0 fully saturated rings. The van der Waals surface area contributed by atoms with Gasteiger partial charge in [0.15, 0.2) is 0 Å². The largest absolute Gasteiger partial charge is 0.347 e. The van der Waals surface area contributed by atoms with Crippen LogP contribution < -0.4 is 5.32 Å². The number of hydrogen-bond acceptors (Lipinski definition) is 7. The molecule has 1 unspecified atom stereocenters. The van der Waals surface area contributed by atoms with Crippen molar-refractivity contribution in [1.82, 2.24) is 10.3 Å². The second kappa shape index (κ2) is 9.11. The summed E-state index contributed by atoms with van der Waals surface area (Å²) >= 11 is 0. The number of nitro groups is 2. The minimum absolute atomic E-state index is 0.0761. The average molecular weight is 425 g/mol. The lowest BCUT2D eigenvalue weighted by molar-refractivity contribution is -0.385. The SMILES string of the molecule is CCC(=O)NCC(=O)N1N=C(c2ccc([N+](=O)[O-])cc2)CC1c1cccc([N+](=O)[O-])c1. The molecule has 1 heterocycles. The van der Waals surface area contributed by atoms with Crippen molar-refractivity contribution in [3.05, 3.63) is 79.9 Å². The van der Waals surface area contributed by atoms with Gasteiger partial charge in [-0.1, -0.05) is 19.1 Å². The molecular weight excluding hydrogens is 406 g/mol. The van der Waals surface area contributed by atoms with Gasteiger partial charge in [0.25, 0.3) is 17.3 Å². The molecule has 0 saturated heterocycles. The molecule has 11 heteroatoms. The van der Waals surface area contributed by atoms with Crippen LogP contribution in [0.3, 0.4) is 0 Å². The van der Waals surface area contributed by atoms with Crippen LogP contribution in [0.5, 0.6) is 0 Å². The highest BCUT2D eigenvalue weighted by Crippen LogP contribution is 2.34. The van der Waals surface area contributed by atoms with Gasteiger partial charge >= 0.3 is 0 Å². The summed E-state index contributed by atoms with van der Waals surface area (Å²) in [5.41, 5.74) is 1.42. The second-order valence-corrected chi connectivity index (χ2v) is 6.79. The topological polar surface area (TPSA) is 148 Å². The van der Waals surface area contributed by atoms with Crippen LogP contribution in [0.4, 0.5) is 11.4 Å². The molecule has 1 N–H and O–H groups in total. The summed E-state index contributed by atoms with van der Waals surface area (Å²) in [4.78, 5) is 45.3. The van der Waals surface area contributed by atoms with E-state index >= 15 is 0 Å². The highest BCUT2D eigenvalue weighted by Gasteiger charge is 2.34. The van der Waals surface area contributed by atoms with Crippen molar-refractivity contribution >= 4 is 28.9 Å². The number of carbonyl (C=O) groups is 2. The number of hydrogen-bond donors (Lipinski definition) is 1. The number of nitrogens with zero attached hydrogens (tertiary/aromatic N) is 4. The second-order valence-electron chi connectivity index (χ2n) is 6.79. The van der Waals surface area contributed by atoms with Crippen molar-refractivity contribution in [2.75, 3.05) is 6.54 Å². The van der Waals surface area contributed by atoms with Gasteiger partial charge in [0, 0.05) is 37.1 Å². The summed E-state index contributed by atoms with van der Waals surface area (Å²) in [6.07, 6.45) is 0.478.